The summed E-state index contributed by atoms with van der Waals surface area (Å²) >= 11 is 1.16. The molecule has 1 rings (SSSR count). The van der Waals surface area contributed by atoms with Crippen molar-refractivity contribution >= 4 is 23.6 Å². The Morgan fingerprint density at radius 1 is 1.37 bits per heavy atom. The second-order valence-electron chi connectivity index (χ2n) is 3.80. The minimum absolute atomic E-state index is 0.0894. The van der Waals surface area contributed by atoms with Gasteiger partial charge in [-0.25, -0.2) is 4.79 Å². The number of benzene rings is 1. The Hall–Kier alpha value is -2.00. The van der Waals surface area contributed by atoms with Gasteiger partial charge in [0.15, 0.2) is 0 Å². The molecule has 0 spiro atoms. The van der Waals surface area contributed by atoms with E-state index in [4.69, 9.17) is 10.4 Å². The van der Waals surface area contributed by atoms with Crippen LogP contribution in [0.3, 0.4) is 0 Å². The Labute approximate surface area is 115 Å². The number of rotatable bonds is 7. The van der Waals surface area contributed by atoms with Crippen molar-refractivity contribution in [1.29, 1.82) is 5.26 Å². The van der Waals surface area contributed by atoms with Gasteiger partial charge < -0.3 is 10.4 Å². The number of hydrogen-bond donors (Lipinski definition) is 2. The summed E-state index contributed by atoms with van der Waals surface area (Å²) in [6.07, 6.45) is 0.241. The van der Waals surface area contributed by atoms with E-state index in [9.17, 15) is 9.59 Å². The standard InChI is InChI=1S/C13H14N2O3S/c14-6-7-19-9-12(16)15-11(13(17)18)8-10-4-2-1-3-5-10/h1-5,11H,7-9H2,(H,15,16)(H,17,18). The monoisotopic (exact) mass is 278 g/mol. The summed E-state index contributed by atoms with van der Waals surface area (Å²) in [4.78, 5) is 22.6. The van der Waals surface area contributed by atoms with Gasteiger partial charge in [-0.2, -0.15) is 5.26 Å². The number of nitriles is 1. The number of nitrogens with zero attached hydrogens (tertiary/aromatic N) is 1. The quantitative estimate of drug-likeness (QED) is 0.728. The zero-order valence-electron chi connectivity index (χ0n) is 10.2. The van der Waals surface area contributed by atoms with E-state index in [1.165, 1.54) is 0 Å². The minimum atomic E-state index is -1.07. The topological polar surface area (TPSA) is 90.2 Å². The van der Waals surface area contributed by atoms with Crippen LogP contribution in [-0.4, -0.2) is 34.5 Å². The first-order valence-corrected chi connectivity index (χ1v) is 6.79. The number of carbonyl (C=O) groups excluding carboxylic acids is 1. The van der Waals surface area contributed by atoms with Crippen molar-refractivity contribution in [3.63, 3.8) is 0 Å². The summed E-state index contributed by atoms with van der Waals surface area (Å²) in [6.45, 7) is 0. The van der Waals surface area contributed by atoms with Crippen molar-refractivity contribution < 1.29 is 14.7 Å². The molecule has 0 heterocycles. The van der Waals surface area contributed by atoms with Gasteiger partial charge in [0.2, 0.25) is 5.91 Å². The van der Waals surface area contributed by atoms with E-state index >= 15 is 0 Å². The largest absolute Gasteiger partial charge is 0.480 e. The number of amides is 1. The van der Waals surface area contributed by atoms with Crippen LogP contribution in [0, 0.1) is 11.3 Å². The van der Waals surface area contributed by atoms with Crippen molar-refractivity contribution in [2.24, 2.45) is 0 Å². The molecule has 0 saturated carbocycles. The molecule has 5 nitrogen and oxygen atoms in total. The fraction of sp³-hybridized carbons (Fsp3) is 0.308. The van der Waals surface area contributed by atoms with Crippen LogP contribution in [0.15, 0.2) is 30.3 Å². The number of hydrogen-bond acceptors (Lipinski definition) is 4. The number of carboxylic acid groups (broad SMARTS) is 1. The summed E-state index contributed by atoms with van der Waals surface area (Å²) in [5, 5.41) is 19.9. The van der Waals surface area contributed by atoms with Crippen LogP contribution >= 0.6 is 11.8 Å². The number of nitrogens with one attached hydrogen (secondary N) is 1. The smallest absolute Gasteiger partial charge is 0.326 e. The molecule has 6 heteroatoms. The summed E-state index contributed by atoms with van der Waals surface area (Å²) in [7, 11) is 0. The van der Waals surface area contributed by atoms with Gasteiger partial charge in [-0.3, -0.25) is 4.79 Å². The van der Waals surface area contributed by atoms with Crippen LogP contribution in [0.1, 0.15) is 5.56 Å². The molecule has 0 saturated heterocycles. The minimum Gasteiger partial charge on any atom is -0.480 e. The lowest BCUT2D eigenvalue weighted by Crippen LogP contribution is -2.43. The number of carboxylic acids is 1. The van der Waals surface area contributed by atoms with E-state index in [2.05, 4.69) is 5.32 Å². The van der Waals surface area contributed by atoms with E-state index in [0.717, 1.165) is 17.3 Å². The highest BCUT2D eigenvalue weighted by atomic mass is 32.2. The van der Waals surface area contributed by atoms with Crippen molar-refractivity contribution in [3.8, 4) is 6.07 Å². The predicted molar refractivity (Wildman–Crippen MR) is 72.7 cm³/mol. The lowest BCUT2D eigenvalue weighted by molar-refractivity contribution is -0.141. The van der Waals surface area contributed by atoms with Crippen LogP contribution in [0.25, 0.3) is 0 Å². The van der Waals surface area contributed by atoms with Crippen LogP contribution in [-0.2, 0) is 16.0 Å². The number of thioether (sulfide) groups is 1. The summed E-state index contributed by atoms with van der Waals surface area (Å²) in [5.41, 5.74) is 0.847. The van der Waals surface area contributed by atoms with Gasteiger partial charge in [-0.15, -0.1) is 11.8 Å². The molecule has 1 aromatic rings. The summed E-state index contributed by atoms with van der Waals surface area (Å²) < 4.78 is 0. The van der Waals surface area contributed by atoms with E-state index in [0.29, 0.717) is 0 Å². The molecule has 1 unspecified atom stereocenters. The Balaban J connectivity index is 2.52. The average molecular weight is 278 g/mol. The maximum absolute atomic E-state index is 11.5. The van der Waals surface area contributed by atoms with E-state index < -0.39 is 12.0 Å². The molecule has 0 aromatic heterocycles. The van der Waals surface area contributed by atoms with Gasteiger partial charge >= 0.3 is 5.97 Å². The van der Waals surface area contributed by atoms with E-state index in [1.54, 1.807) is 0 Å². The zero-order valence-corrected chi connectivity index (χ0v) is 11.0. The highest BCUT2D eigenvalue weighted by molar-refractivity contribution is 8.00. The zero-order chi connectivity index (χ0) is 14.1. The highest BCUT2D eigenvalue weighted by Crippen LogP contribution is 2.04. The van der Waals surface area contributed by atoms with Crippen LogP contribution < -0.4 is 5.32 Å². The van der Waals surface area contributed by atoms with Crippen LogP contribution in [0.5, 0.6) is 0 Å². The molecule has 0 radical (unpaired) electrons. The predicted octanol–water partition coefficient (Wildman–Crippen LogP) is 1.06. The third-order valence-corrected chi connectivity index (χ3v) is 3.12. The normalized spacial score (nSPS) is 11.3. The van der Waals surface area contributed by atoms with Crippen molar-refractivity contribution in [3.05, 3.63) is 35.9 Å². The van der Waals surface area contributed by atoms with E-state index in [1.807, 2.05) is 36.4 Å². The van der Waals surface area contributed by atoms with E-state index in [-0.39, 0.29) is 23.8 Å². The molecule has 0 aliphatic heterocycles. The molecule has 19 heavy (non-hydrogen) atoms. The first-order chi connectivity index (χ1) is 9.13. The van der Waals surface area contributed by atoms with Crippen LogP contribution in [0.2, 0.25) is 0 Å². The molecule has 0 aliphatic carbocycles. The molecule has 2 N–H and O–H groups in total. The SMILES string of the molecule is N#CCSCC(=O)NC(Cc1ccccc1)C(=O)O. The molecule has 1 amide bonds. The fourth-order valence-electron chi connectivity index (χ4n) is 1.48. The second-order valence-corrected chi connectivity index (χ2v) is 4.78. The first kappa shape index (κ1) is 15.1. The molecule has 1 atom stereocenters. The third-order valence-electron chi connectivity index (χ3n) is 2.32. The van der Waals surface area contributed by atoms with Gasteiger partial charge in [-0.1, -0.05) is 30.3 Å². The maximum Gasteiger partial charge on any atom is 0.326 e. The maximum atomic E-state index is 11.5. The number of carbonyl (C=O) groups is 2. The lowest BCUT2D eigenvalue weighted by Gasteiger charge is -2.14. The third kappa shape index (κ3) is 5.93. The summed E-state index contributed by atoms with van der Waals surface area (Å²) in [5.74, 6) is -1.14. The molecular formula is C13H14N2O3S. The Morgan fingerprint density at radius 3 is 2.63 bits per heavy atom. The lowest BCUT2D eigenvalue weighted by atomic mass is 10.1. The fourth-order valence-corrected chi connectivity index (χ4v) is 1.94. The second kappa shape index (κ2) is 8.16. The molecule has 0 bridgehead atoms. The summed E-state index contributed by atoms with van der Waals surface area (Å²) in [6, 6.07) is 10.1. The van der Waals surface area contributed by atoms with Gasteiger partial charge in [0.05, 0.1) is 17.6 Å². The molecular weight excluding hydrogens is 264 g/mol. The molecule has 1 aromatic carbocycles. The Kier molecular flexibility index (Phi) is 6.47. The Morgan fingerprint density at radius 2 is 2.05 bits per heavy atom. The van der Waals surface area contributed by atoms with Crippen LogP contribution in [0.4, 0.5) is 0 Å². The van der Waals surface area contributed by atoms with Crippen molar-refractivity contribution in [1.82, 2.24) is 5.32 Å². The molecule has 0 aliphatic rings. The van der Waals surface area contributed by atoms with Gasteiger partial charge in [-0.05, 0) is 5.56 Å². The Bertz CT molecular complexity index is 471. The van der Waals surface area contributed by atoms with Crippen molar-refractivity contribution in [2.75, 3.05) is 11.5 Å². The molecule has 100 valence electrons. The van der Waals surface area contributed by atoms with Gasteiger partial charge in [0.1, 0.15) is 6.04 Å². The first-order valence-electron chi connectivity index (χ1n) is 5.64. The van der Waals surface area contributed by atoms with Gasteiger partial charge in [0, 0.05) is 6.42 Å². The highest BCUT2D eigenvalue weighted by Gasteiger charge is 2.20. The van der Waals surface area contributed by atoms with Gasteiger partial charge in [0.25, 0.3) is 0 Å². The van der Waals surface area contributed by atoms with Crippen molar-refractivity contribution in [2.45, 2.75) is 12.5 Å². The average Bonchev–Trinajstić information content (AvgIpc) is 2.39. The number of aliphatic carboxylic acids is 1. The molecule has 0 fully saturated rings.